The van der Waals surface area contributed by atoms with Crippen molar-refractivity contribution in [3.8, 4) is 22.8 Å². The van der Waals surface area contributed by atoms with Crippen LogP contribution in [0.1, 0.15) is 20.8 Å². The number of para-hydroxylation sites is 2. The standard InChI is InChI=1S/C19H19N3O2/c1-19(2,3)18(23)24-16-12-8-7-11-15(16)17-21-20-13-22(17)14-9-5-4-6-10-14/h4-13H,1-3H3. The van der Waals surface area contributed by atoms with Crippen molar-refractivity contribution in [1.82, 2.24) is 14.8 Å². The van der Waals surface area contributed by atoms with Crippen molar-refractivity contribution >= 4 is 5.97 Å². The van der Waals surface area contributed by atoms with E-state index in [0.717, 1.165) is 11.3 Å². The maximum Gasteiger partial charge on any atom is 0.316 e. The van der Waals surface area contributed by atoms with Gasteiger partial charge in [0.25, 0.3) is 0 Å². The van der Waals surface area contributed by atoms with Crippen molar-refractivity contribution in [2.45, 2.75) is 20.8 Å². The molecule has 0 radical (unpaired) electrons. The van der Waals surface area contributed by atoms with Crippen molar-refractivity contribution in [3.63, 3.8) is 0 Å². The average Bonchev–Trinajstić information content (AvgIpc) is 3.04. The number of hydrogen-bond donors (Lipinski definition) is 0. The van der Waals surface area contributed by atoms with Crippen molar-refractivity contribution in [1.29, 1.82) is 0 Å². The normalized spacial score (nSPS) is 11.3. The molecule has 2 aromatic carbocycles. The van der Waals surface area contributed by atoms with Crippen molar-refractivity contribution in [3.05, 3.63) is 60.9 Å². The van der Waals surface area contributed by atoms with Gasteiger partial charge in [0.1, 0.15) is 12.1 Å². The van der Waals surface area contributed by atoms with Gasteiger partial charge in [-0.3, -0.25) is 9.36 Å². The van der Waals surface area contributed by atoms with E-state index in [1.165, 1.54) is 0 Å². The molecule has 0 aliphatic carbocycles. The van der Waals surface area contributed by atoms with Crippen LogP contribution in [0.25, 0.3) is 17.1 Å². The number of aromatic nitrogens is 3. The summed E-state index contributed by atoms with van der Waals surface area (Å²) >= 11 is 0. The molecule has 0 saturated heterocycles. The highest BCUT2D eigenvalue weighted by molar-refractivity contribution is 5.80. The lowest BCUT2D eigenvalue weighted by Gasteiger charge is -2.18. The summed E-state index contributed by atoms with van der Waals surface area (Å²) in [5, 5.41) is 8.23. The van der Waals surface area contributed by atoms with Gasteiger partial charge in [-0.1, -0.05) is 30.3 Å². The summed E-state index contributed by atoms with van der Waals surface area (Å²) in [6.45, 7) is 5.47. The first-order valence-corrected chi connectivity index (χ1v) is 7.74. The van der Waals surface area contributed by atoms with Gasteiger partial charge < -0.3 is 4.74 Å². The zero-order chi connectivity index (χ0) is 17.2. The van der Waals surface area contributed by atoms with Crippen LogP contribution in [0.2, 0.25) is 0 Å². The van der Waals surface area contributed by atoms with Gasteiger partial charge in [-0.05, 0) is 45.0 Å². The molecule has 1 aromatic heterocycles. The fourth-order valence-corrected chi connectivity index (χ4v) is 2.19. The summed E-state index contributed by atoms with van der Waals surface area (Å²) in [5.41, 5.74) is 1.08. The Morgan fingerprint density at radius 3 is 2.38 bits per heavy atom. The molecule has 122 valence electrons. The number of nitrogens with zero attached hydrogens (tertiary/aromatic N) is 3. The molecule has 1 heterocycles. The molecular formula is C19H19N3O2. The van der Waals surface area contributed by atoms with E-state index in [2.05, 4.69) is 10.2 Å². The molecule has 5 heteroatoms. The third kappa shape index (κ3) is 3.20. The predicted molar refractivity (Wildman–Crippen MR) is 91.9 cm³/mol. The second-order valence-electron chi connectivity index (χ2n) is 6.50. The smallest absolute Gasteiger partial charge is 0.316 e. The lowest BCUT2D eigenvalue weighted by Crippen LogP contribution is -2.25. The lowest BCUT2D eigenvalue weighted by atomic mass is 9.97. The van der Waals surface area contributed by atoms with Gasteiger partial charge in [-0.25, -0.2) is 0 Å². The Labute approximate surface area is 140 Å². The van der Waals surface area contributed by atoms with Gasteiger partial charge in [-0.2, -0.15) is 0 Å². The summed E-state index contributed by atoms with van der Waals surface area (Å²) < 4.78 is 7.47. The first-order chi connectivity index (χ1) is 11.5. The van der Waals surface area contributed by atoms with Crippen LogP contribution in [0, 0.1) is 5.41 Å². The Kier molecular flexibility index (Phi) is 4.16. The number of ether oxygens (including phenoxy) is 1. The molecule has 0 bridgehead atoms. The highest BCUT2D eigenvalue weighted by Gasteiger charge is 2.25. The molecule has 0 N–H and O–H groups in total. The van der Waals surface area contributed by atoms with Crippen LogP contribution in [-0.2, 0) is 4.79 Å². The van der Waals surface area contributed by atoms with E-state index in [9.17, 15) is 4.79 Å². The minimum Gasteiger partial charge on any atom is -0.425 e. The molecule has 0 aliphatic rings. The van der Waals surface area contributed by atoms with E-state index >= 15 is 0 Å². The number of esters is 1. The largest absolute Gasteiger partial charge is 0.425 e. The molecule has 5 nitrogen and oxygen atoms in total. The molecule has 0 spiro atoms. The van der Waals surface area contributed by atoms with Gasteiger partial charge in [0.05, 0.1) is 11.0 Å². The monoisotopic (exact) mass is 321 g/mol. The molecule has 3 rings (SSSR count). The van der Waals surface area contributed by atoms with Crippen LogP contribution in [0.15, 0.2) is 60.9 Å². The Bertz CT molecular complexity index is 848. The number of rotatable bonds is 3. The highest BCUT2D eigenvalue weighted by atomic mass is 16.5. The van der Waals surface area contributed by atoms with E-state index in [0.29, 0.717) is 11.6 Å². The molecule has 0 atom stereocenters. The van der Waals surface area contributed by atoms with Gasteiger partial charge >= 0.3 is 5.97 Å². The Morgan fingerprint density at radius 1 is 1.00 bits per heavy atom. The molecule has 0 saturated carbocycles. The van der Waals surface area contributed by atoms with E-state index in [-0.39, 0.29) is 5.97 Å². The summed E-state index contributed by atoms with van der Waals surface area (Å²) in [5.74, 6) is 0.807. The number of carbonyl (C=O) groups is 1. The molecular weight excluding hydrogens is 302 g/mol. The molecule has 0 fully saturated rings. The van der Waals surface area contributed by atoms with Crippen molar-refractivity contribution in [2.24, 2.45) is 5.41 Å². The third-order valence-corrected chi connectivity index (χ3v) is 3.53. The fraction of sp³-hybridized carbons (Fsp3) is 0.211. The van der Waals surface area contributed by atoms with E-state index in [4.69, 9.17) is 4.74 Å². The summed E-state index contributed by atoms with van der Waals surface area (Å²) in [7, 11) is 0. The van der Waals surface area contributed by atoms with Gasteiger partial charge in [0, 0.05) is 5.69 Å². The topological polar surface area (TPSA) is 57.0 Å². The van der Waals surface area contributed by atoms with E-state index < -0.39 is 5.41 Å². The minimum atomic E-state index is -0.583. The number of hydrogen-bond acceptors (Lipinski definition) is 4. The number of carbonyl (C=O) groups excluding carboxylic acids is 1. The first kappa shape index (κ1) is 15.9. The molecule has 0 aliphatic heterocycles. The first-order valence-electron chi connectivity index (χ1n) is 7.74. The maximum atomic E-state index is 12.2. The minimum absolute atomic E-state index is 0.291. The quantitative estimate of drug-likeness (QED) is 0.542. The highest BCUT2D eigenvalue weighted by Crippen LogP contribution is 2.31. The molecule has 24 heavy (non-hydrogen) atoms. The zero-order valence-electron chi connectivity index (χ0n) is 13.9. The fourth-order valence-electron chi connectivity index (χ4n) is 2.19. The molecule has 3 aromatic rings. The Morgan fingerprint density at radius 2 is 1.67 bits per heavy atom. The van der Waals surface area contributed by atoms with E-state index in [1.807, 2.05) is 73.9 Å². The second-order valence-corrected chi connectivity index (χ2v) is 6.50. The summed E-state index contributed by atoms with van der Waals surface area (Å²) in [6, 6.07) is 17.1. The molecule has 0 amide bonds. The Balaban J connectivity index is 2.03. The molecule has 0 unspecified atom stereocenters. The SMILES string of the molecule is CC(C)(C)C(=O)Oc1ccccc1-c1nncn1-c1ccccc1. The van der Waals surface area contributed by atoms with Crippen LogP contribution in [0.5, 0.6) is 5.75 Å². The van der Waals surface area contributed by atoms with Crippen LogP contribution in [0.3, 0.4) is 0 Å². The second kappa shape index (κ2) is 6.28. The van der Waals surface area contributed by atoms with Crippen LogP contribution in [0.4, 0.5) is 0 Å². The van der Waals surface area contributed by atoms with Crippen LogP contribution >= 0.6 is 0 Å². The van der Waals surface area contributed by atoms with Crippen LogP contribution in [-0.4, -0.2) is 20.7 Å². The average molecular weight is 321 g/mol. The van der Waals surface area contributed by atoms with E-state index in [1.54, 1.807) is 12.4 Å². The van der Waals surface area contributed by atoms with Gasteiger partial charge in [0.15, 0.2) is 5.82 Å². The number of benzene rings is 2. The van der Waals surface area contributed by atoms with Crippen LogP contribution < -0.4 is 4.74 Å². The Hall–Kier alpha value is -2.95. The lowest BCUT2D eigenvalue weighted by molar-refractivity contribution is -0.142. The zero-order valence-corrected chi connectivity index (χ0v) is 13.9. The van der Waals surface area contributed by atoms with Crippen molar-refractivity contribution < 1.29 is 9.53 Å². The third-order valence-electron chi connectivity index (χ3n) is 3.53. The predicted octanol–water partition coefficient (Wildman–Crippen LogP) is 3.89. The maximum absolute atomic E-state index is 12.2. The summed E-state index contributed by atoms with van der Waals surface area (Å²) in [6.07, 6.45) is 1.65. The van der Waals surface area contributed by atoms with Gasteiger partial charge in [0.2, 0.25) is 0 Å². The van der Waals surface area contributed by atoms with Crippen molar-refractivity contribution in [2.75, 3.05) is 0 Å². The van der Waals surface area contributed by atoms with Gasteiger partial charge in [-0.15, -0.1) is 10.2 Å². The summed E-state index contributed by atoms with van der Waals surface area (Å²) in [4.78, 5) is 12.2.